The molecule has 0 aliphatic carbocycles. The zero-order valence-corrected chi connectivity index (χ0v) is 13.7. The summed E-state index contributed by atoms with van der Waals surface area (Å²) in [6.45, 7) is 2.02. The lowest BCUT2D eigenvalue weighted by Gasteiger charge is -2.08. The number of ether oxygens (including phenoxy) is 1. The lowest BCUT2D eigenvalue weighted by molar-refractivity contribution is 0.102. The van der Waals surface area contributed by atoms with Gasteiger partial charge in [0.25, 0.3) is 5.91 Å². The van der Waals surface area contributed by atoms with Crippen molar-refractivity contribution in [1.29, 1.82) is 5.26 Å². The highest BCUT2D eigenvalue weighted by molar-refractivity contribution is 6.04. The molecule has 3 aromatic carbocycles. The van der Waals surface area contributed by atoms with Gasteiger partial charge in [-0.25, -0.2) is 0 Å². The van der Waals surface area contributed by atoms with E-state index in [0.29, 0.717) is 22.6 Å². The summed E-state index contributed by atoms with van der Waals surface area (Å²) in [5.74, 6) is 1.23. The summed E-state index contributed by atoms with van der Waals surface area (Å²) in [6.07, 6.45) is 0. The number of carbonyl (C=O) groups excluding carboxylic acids is 1. The third kappa shape index (κ3) is 4.24. The largest absolute Gasteiger partial charge is 0.457 e. The molecule has 1 N–H and O–H groups in total. The van der Waals surface area contributed by atoms with Crippen LogP contribution in [0.1, 0.15) is 21.5 Å². The highest BCUT2D eigenvalue weighted by Gasteiger charge is 2.06. The molecule has 0 spiro atoms. The summed E-state index contributed by atoms with van der Waals surface area (Å²) in [5, 5.41) is 11.6. The van der Waals surface area contributed by atoms with Crippen LogP contribution in [0.2, 0.25) is 0 Å². The highest BCUT2D eigenvalue weighted by Crippen LogP contribution is 2.23. The SMILES string of the molecule is Cc1ccc(Oc2ccc(NC(=O)c3ccc(C#N)cc3)cc2)cc1. The second kappa shape index (κ2) is 7.33. The monoisotopic (exact) mass is 328 g/mol. The summed E-state index contributed by atoms with van der Waals surface area (Å²) in [5.41, 5.74) is 2.87. The Balaban J connectivity index is 1.64. The molecule has 4 nitrogen and oxygen atoms in total. The minimum absolute atomic E-state index is 0.225. The molecule has 4 heteroatoms. The van der Waals surface area contributed by atoms with Crippen LogP contribution in [0.3, 0.4) is 0 Å². The van der Waals surface area contributed by atoms with Crippen LogP contribution in [0.5, 0.6) is 11.5 Å². The molecule has 3 aromatic rings. The summed E-state index contributed by atoms with van der Waals surface area (Å²) < 4.78 is 5.76. The van der Waals surface area contributed by atoms with Crippen molar-refractivity contribution in [3.63, 3.8) is 0 Å². The molecule has 1 amide bonds. The second-order valence-electron chi connectivity index (χ2n) is 5.58. The van der Waals surface area contributed by atoms with Gasteiger partial charge >= 0.3 is 0 Å². The maximum Gasteiger partial charge on any atom is 0.255 e. The summed E-state index contributed by atoms with van der Waals surface area (Å²) in [7, 11) is 0. The topological polar surface area (TPSA) is 62.1 Å². The summed E-state index contributed by atoms with van der Waals surface area (Å²) in [6, 6.07) is 23.5. The predicted octanol–water partition coefficient (Wildman–Crippen LogP) is 4.91. The fraction of sp³-hybridized carbons (Fsp3) is 0.0476. The molecular formula is C21H16N2O2. The molecule has 0 bridgehead atoms. The fourth-order valence-corrected chi connectivity index (χ4v) is 2.25. The predicted molar refractivity (Wildman–Crippen MR) is 96.8 cm³/mol. The molecule has 25 heavy (non-hydrogen) atoms. The van der Waals surface area contributed by atoms with Crippen LogP contribution in [-0.2, 0) is 0 Å². The van der Waals surface area contributed by atoms with E-state index in [2.05, 4.69) is 5.32 Å². The van der Waals surface area contributed by atoms with E-state index in [4.69, 9.17) is 10.00 Å². The van der Waals surface area contributed by atoms with Crippen LogP contribution in [0.4, 0.5) is 5.69 Å². The van der Waals surface area contributed by atoms with E-state index in [1.165, 1.54) is 5.56 Å². The first-order valence-corrected chi connectivity index (χ1v) is 7.80. The van der Waals surface area contributed by atoms with Crippen LogP contribution in [0, 0.1) is 18.3 Å². The van der Waals surface area contributed by atoms with Crippen molar-refractivity contribution in [2.24, 2.45) is 0 Å². The van der Waals surface area contributed by atoms with Crippen molar-refractivity contribution >= 4 is 11.6 Å². The molecule has 0 atom stereocenters. The van der Waals surface area contributed by atoms with E-state index >= 15 is 0 Å². The first kappa shape index (κ1) is 16.3. The minimum Gasteiger partial charge on any atom is -0.457 e. The van der Waals surface area contributed by atoms with Gasteiger partial charge in [-0.15, -0.1) is 0 Å². The molecule has 0 aliphatic heterocycles. The van der Waals surface area contributed by atoms with Gasteiger partial charge in [-0.1, -0.05) is 17.7 Å². The van der Waals surface area contributed by atoms with Crippen LogP contribution in [-0.4, -0.2) is 5.91 Å². The molecule has 0 aliphatic rings. The zero-order valence-electron chi connectivity index (χ0n) is 13.7. The number of hydrogen-bond donors (Lipinski definition) is 1. The van der Waals surface area contributed by atoms with Gasteiger partial charge in [0.05, 0.1) is 11.6 Å². The van der Waals surface area contributed by atoms with Gasteiger partial charge in [-0.2, -0.15) is 5.26 Å². The molecular weight excluding hydrogens is 312 g/mol. The Morgan fingerprint density at radius 3 is 2.00 bits per heavy atom. The standard InChI is InChI=1S/C21H16N2O2/c1-15-2-10-19(11-3-15)25-20-12-8-18(9-13-20)23-21(24)17-6-4-16(14-22)5-7-17/h2-13H,1H3,(H,23,24). The smallest absolute Gasteiger partial charge is 0.255 e. The normalized spacial score (nSPS) is 9.92. The van der Waals surface area contributed by atoms with Crippen LogP contribution < -0.4 is 10.1 Å². The number of rotatable bonds is 4. The third-order valence-corrected chi connectivity index (χ3v) is 3.65. The Hall–Kier alpha value is -3.58. The lowest BCUT2D eigenvalue weighted by Crippen LogP contribution is -2.11. The Morgan fingerprint density at radius 2 is 1.44 bits per heavy atom. The van der Waals surface area contributed by atoms with Crippen molar-refractivity contribution in [3.05, 3.63) is 89.5 Å². The first-order valence-electron chi connectivity index (χ1n) is 7.80. The van der Waals surface area contributed by atoms with Crippen molar-refractivity contribution in [1.82, 2.24) is 0 Å². The lowest BCUT2D eigenvalue weighted by atomic mass is 10.1. The molecule has 0 fully saturated rings. The number of nitrogens with one attached hydrogen (secondary N) is 1. The van der Waals surface area contributed by atoms with Crippen molar-refractivity contribution in [3.8, 4) is 17.6 Å². The van der Waals surface area contributed by atoms with Gasteiger partial charge in [-0.05, 0) is 67.6 Å². The second-order valence-corrected chi connectivity index (χ2v) is 5.58. The van der Waals surface area contributed by atoms with E-state index in [9.17, 15) is 4.79 Å². The number of benzene rings is 3. The number of nitriles is 1. The number of nitrogens with zero attached hydrogens (tertiary/aromatic N) is 1. The van der Waals surface area contributed by atoms with Gasteiger partial charge in [-0.3, -0.25) is 4.79 Å². The number of carbonyl (C=O) groups is 1. The summed E-state index contributed by atoms with van der Waals surface area (Å²) in [4.78, 5) is 12.2. The van der Waals surface area contributed by atoms with E-state index in [1.807, 2.05) is 37.3 Å². The van der Waals surface area contributed by atoms with E-state index < -0.39 is 0 Å². The van der Waals surface area contributed by atoms with E-state index in [1.54, 1.807) is 48.5 Å². The van der Waals surface area contributed by atoms with Crippen molar-refractivity contribution in [2.75, 3.05) is 5.32 Å². The molecule has 0 radical (unpaired) electrons. The average Bonchev–Trinajstić information content (AvgIpc) is 2.65. The number of hydrogen-bond acceptors (Lipinski definition) is 3. The Bertz CT molecular complexity index is 906. The van der Waals surface area contributed by atoms with Crippen molar-refractivity contribution < 1.29 is 9.53 Å². The van der Waals surface area contributed by atoms with Crippen molar-refractivity contribution in [2.45, 2.75) is 6.92 Å². The highest BCUT2D eigenvalue weighted by atomic mass is 16.5. The maximum absolute atomic E-state index is 12.2. The Morgan fingerprint density at radius 1 is 0.880 bits per heavy atom. The number of aryl methyl sites for hydroxylation is 1. The van der Waals surface area contributed by atoms with Gasteiger partial charge in [0, 0.05) is 11.3 Å². The minimum atomic E-state index is -0.225. The number of anilines is 1. The van der Waals surface area contributed by atoms with Gasteiger partial charge in [0.15, 0.2) is 0 Å². The molecule has 0 unspecified atom stereocenters. The summed E-state index contributed by atoms with van der Waals surface area (Å²) >= 11 is 0. The zero-order chi connectivity index (χ0) is 17.6. The Labute approximate surface area is 146 Å². The molecule has 0 saturated carbocycles. The quantitative estimate of drug-likeness (QED) is 0.740. The van der Waals surface area contributed by atoms with E-state index in [-0.39, 0.29) is 5.91 Å². The maximum atomic E-state index is 12.2. The van der Waals surface area contributed by atoms with Crippen LogP contribution in [0.25, 0.3) is 0 Å². The van der Waals surface area contributed by atoms with Crippen LogP contribution in [0.15, 0.2) is 72.8 Å². The Kier molecular flexibility index (Phi) is 4.77. The van der Waals surface area contributed by atoms with Gasteiger partial charge in [0.1, 0.15) is 11.5 Å². The molecule has 122 valence electrons. The van der Waals surface area contributed by atoms with Gasteiger partial charge < -0.3 is 10.1 Å². The van der Waals surface area contributed by atoms with Gasteiger partial charge in [0.2, 0.25) is 0 Å². The molecule has 0 heterocycles. The molecule has 0 aromatic heterocycles. The third-order valence-electron chi connectivity index (χ3n) is 3.65. The average molecular weight is 328 g/mol. The molecule has 3 rings (SSSR count). The van der Waals surface area contributed by atoms with Crippen LogP contribution >= 0.6 is 0 Å². The molecule has 0 saturated heterocycles. The first-order chi connectivity index (χ1) is 12.1. The van der Waals surface area contributed by atoms with E-state index in [0.717, 1.165) is 5.75 Å². The fourth-order valence-electron chi connectivity index (χ4n) is 2.25. The number of amides is 1.